The summed E-state index contributed by atoms with van der Waals surface area (Å²) in [5, 5.41) is 7.84. The second kappa shape index (κ2) is 6.80. The number of rotatable bonds is 7. The highest BCUT2D eigenvalue weighted by Gasteiger charge is 2.14. The van der Waals surface area contributed by atoms with E-state index in [0.29, 0.717) is 12.1 Å². The van der Waals surface area contributed by atoms with Crippen molar-refractivity contribution in [3.05, 3.63) is 5.69 Å². The first-order valence-electron chi connectivity index (χ1n) is 7.20. The standard InChI is InChI=1S/C14H29N5/c1-7-19-14(13(15)12(6)17-19)16-8-9-18(10(2)3)11(4)5/h10-11,16H,7-9,15H2,1-6H3. The third-order valence-corrected chi connectivity index (χ3v) is 3.46. The van der Waals surface area contributed by atoms with E-state index >= 15 is 0 Å². The van der Waals surface area contributed by atoms with E-state index in [1.165, 1.54) is 0 Å². The fourth-order valence-electron chi connectivity index (χ4n) is 2.43. The zero-order chi connectivity index (χ0) is 14.6. The number of nitrogens with two attached hydrogens (primary N) is 1. The predicted molar refractivity (Wildman–Crippen MR) is 82.5 cm³/mol. The van der Waals surface area contributed by atoms with Gasteiger partial charge in [0.05, 0.1) is 11.4 Å². The maximum absolute atomic E-state index is 6.06. The molecule has 0 bridgehead atoms. The molecule has 0 spiro atoms. The predicted octanol–water partition coefficient (Wildman–Crippen LogP) is 2.32. The Morgan fingerprint density at radius 3 is 2.32 bits per heavy atom. The van der Waals surface area contributed by atoms with Crippen molar-refractivity contribution in [1.82, 2.24) is 14.7 Å². The SMILES string of the molecule is CCn1nc(C)c(N)c1NCCN(C(C)C)C(C)C. The first-order chi connectivity index (χ1) is 8.88. The Balaban J connectivity index is 2.62. The monoisotopic (exact) mass is 267 g/mol. The number of nitrogens with zero attached hydrogens (tertiary/aromatic N) is 3. The number of hydrogen-bond donors (Lipinski definition) is 2. The van der Waals surface area contributed by atoms with Crippen LogP contribution in [0.1, 0.15) is 40.3 Å². The van der Waals surface area contributed by atoms with Crippen molar-refractivity contribution in [2.24, 2.45) is 0 Å². The quantitative estimate of drug-likeness (QED) is 0.796. The van der Waals surface area contributed by atoms with Crippen molar-refractivity contribution >= 4 is 11.5 Å². The lowest BCUT2D eigenvalue weighted by molar-refractivity contribution is 0.182. The summed E-state index contributed by atoms with van der Waals surface area (Å²) < 4.78 is 1.93. The fraction of sp³-hybridized carbons (Fsp3) is 0.786. The minimum absolute atomic E-state index is 0.553. The van der Waals surface area contributed by atoms with E-state index < -0.39 is 0 Å². The molecule has 0 amide bonds. The molecule has 0 aliphatic carbocycles. The van der Waals surface area contributed by atoms with E-state index in [2.05, 4.69) is 49.9 Å². The maximum atomic E-state index is 6.06. The second-order valence-corrected chi connectivity index (χ2v) is 5.52. The van der Waals surface area contributed by atoms with Crippen LogP contribution in [0, 0.1) is 6.92 Å². The van der Waals surface area contributed by atoms with Gasteiger partial charge < -0.3 is 11.1 Å². The van der Waals surface area contributed by atoms with E-state index in [9.17, 15) is 0 Å². The molecule has 5 heteroatoms. The van der Waals surface area contributed by atoms with Gasteiger partial charge in [-0.05, 0) is 41.5 Å². The van der Waals surface area contributed by atoms with Gasteiger partial charge in [-0.25, -0.2) is 4.68 Å². The number of aryl methyl sites for hydroxylation is 2. The molecule has 0 aromatic carbocycles. The van der Waals surface area contributed by atoms with Gasteiger partial charge in [-0.1, -0.05) is 0 Å². The Bertz CT molecular complexity index is 387. The Hall–Kier alpha value is -1.23. The number of aromatic nitrogens is 2. The number of nitrogens with one attached hydrogen (secondary N) is 1. The molecular weight excluding hydrogens is 238 g/mol. The highest BCUT2D eigenvalue weighted by atomic mass is 15.3. The second-order valence-electron chi connectivity index (χ2n) is 5.52. The molecule has 0 aliphatic rings. The van der Waals surface area contributed by atoms with Crippen LogP contribution in [-0.2, 0) is 6.54 Å². The summed E-state index contributed by atoms with van der Waals surface area (Å²) in [5.41, 5.74) is 7.72. The molecular formula is C14H29N5. The lowest BCUT2D eigenvalue weighted by Gasteiger charge is -2.30. The van der Waals surface area contributed by atoms with E-state index in [1.54, 1.807) is 0 Å². The van der Waals surface area contributed by atoms with Crippen molar-refractivity contribution in [3.8, 4) is 0 Å². The van der Waals surface area contributed by atoms with E-state index in [1.807, 2.05) is 11.6 Å². The topological polar surface area (TPSA) is 59.1 Å². The normalized spacial score (nSPS) is 11.8. The smallest absolute Gasteiger partial charge is 0.148 e. The van der Waals surface area contributed by atoms with Crippen LogP contribution >= 0.6 is 0 Å². The van der Waals surface area contributed by atoms with Gasteiger partial charge in [0.2, 0.25) is 0 Å². The van der Waals surface area contributed by atoms with Gasteiger partial charge in [-0.15, -0.1) is 0 Å². The van der Waals surface area contributed by atoms with Crippen LogP contribution in [0.5, 0.6) is 0 Å². The largest absolute Gasteiger partial charge is 0.394 e. The first-order valence-corrected chi connectivity index (χ1v) is 7.20. The highest BCUT2D eigenvalue weighted by molar-refractivity contribution is 5.64. The summed E-state index contributed by atoms with van der Waals surface area (Å²) in [6.45, 7) is 15.7. The molecule has 1 aromatic heterocycles. The molecule has 0 saturated carbocycles. The van der Waals surface area contributed by atoms with E-state index in [-0.39, 0.29) is 0 Å². The molecule has 0 fully saturated rings. The molecule has 110 valence electrons. The van der Waals surface area contributed by atoms with Crippen LogP contribution in [0.25, 0.3) is 0 Å². The Morgan fingerprint density at radius 1 is 1.26 bits per heavy atom. The lowest BCUT2D eigenvalue weighted by Crippen LogP contribution is -2.40. The molecule has 1 heterocycles. The van der Waals surface area contributed by atoms with Crippen molar-refractivity contribution in [3.63, 3.8) is 0 Å². The van der Waals surface area contributed by atoms with Crippen LogP contribution in [0.3, 0.4) is 0 Å². The molecule has 0 aliphatic heterocycles. The average molecular weight is 267 g/mol. The zero-order valence-corrected chi connectivity index (χ0v) is 13.2. The summed E-state index contributed by atoms with van der Waals surface area (Å²) in [5.74, 6) is 0.951. The first kappa shape index (κ1) is 15.8. The third kappa shape index (κ3) is 3.86. The van der Waals surface area contributed by atoms with Gasteiger partial charge in [-0.3, -0.25) is 4.90 Å². The van der Waals surface area contributed by atoms with Gasteiger partial charge in [-0.2, -0.15) is 5.10 Å². The lowest BCUT2D eigenvalue weighted by atomic mass is 10.2. The van der Waals surface area contributed by atoms with Crippen LogP contribution in [0.4, 0.5) is 11.5 Å². The zero-order valence-electron chi connectivity index (χ0n) is 13.2. The number of anilines is 2. The van der Waals surface area contributed by atoms with Crippen LogP contribution in [0.15, 0.2) is 0 Å². The summed E-state index contributed by atoms with van der Waals surface area (Å²) in [7, 11) is 0. The summed E-state index contributed by atoms with van der Waals surface area (Å²) >= 11 is 0. The van der Waals surface area contributed by atoms with E-state index in [4.69, 9.17) is 5.73 Å². The van der Waals surface area contributed by atoms with Crippen LogP contribution < -0.4 is 11.1 Å². The molecule has 1 aromatic rings. The van der Waals surface area contributed by atoms with E-state index in [0.717, 1.165) is 36.8 Å². The molecule has 0 atom stereocenters. The Kier molecular flexibility index (Phi) is 5.66. The fourth-order valence-corrected chi connectivity index (χ4v) is 2.43. The Labute approximate surface area is 117 Å². The van der Waals surface area contributed by atoms with Gasteiger partial charge in [0.25, 0.3) is 0 Å². The van der Waals surface area contributed by atoms with Crippen molar-refractivity contribution < 1.29 is 0 Å². The average Bonchev–Trinajstić information content (AvgIpc) is 2.60. The van der Waals surface area contributed by atoms with Gasteiger partial charge >= 0.3 is 0 Å². The molecule has 5 nitrogen and oxygen atoms in total. The molecule has 1 rings (SSSR count). The Morgan fingerprint density at radius 2 is 1.84 bits per heavy atom. The maximum Gasteiger partial charge on any atom is 0.148 e. The van der Waals surface area contributed by atoms with Crippen molar-refractivity contribution in [1.29, 1.82) is 0 Å². The number of hydrogen-bond acceptors (Lipinski definition) is 4. The van der Waals surface area contributed by atoms with Gasteiger partial charge in [0, 0.05) is 31.7 Å². The number of nitrogen functional groups attached to an aromatic ring is 1. The minimum atomic E-state index is 0.553. The summed E-state index contributed by atoms with van der Waals surface area (Å²) in [6, 6.07) is 1.11. The van der Waals surface area contributed by atoms with Crippen LogP contribution in [-0.4, -0.2) is 39.9 Å². The van der Waals surface area contributed by atoms with Crippen LogP contribution in [0.2, 0.25) is 0 Å². The molecule has 3 N–H and O–H groups in total. The molecule has 0 radical (unpaired) electrons. The third-order valence-electron chi connectivity index (χ3n) is 3.46. The van der Waals surface area contributed by atoms with Gasteiger partial charge in [0.1, 0.15) is 5.82 Å². The van der Waals surface area contributed by atoms with Gasteiger partial charge in [0.15, 0.2) is 0 Å². The minimum Gasteiger partial charge on any atom is -0.394 e. The summed E-state index contributed by atoms with van der Waals surface area (Å²) in [6.07, 6.45) is 0. The van der Waals surface area contributed by atoms with Crippen molar-refractivity contribution in [2.75, 3.05) is 24.1 Å². The molecule has 19 heavy (non-hydrogen) atoms. The highest BCUT2D eigenvalue weighted by Crippen LogP contribution is 2.21. The van der Waals surface area contributed by atoms with Crippen molar-refractivity contribution in [2.45, 2.75) is 60.2 Å². The molecule has 0 saturated heterocycles. The summed E-state index contributed by atoms with van der Waals surface area (Å²) in [4.78, 5) is 2.46. The molecule has 0 unspecified atom stereocenters.